The predicted octanol–water partition coefficient (Wildman–Crippen LogP) is 3.00. The molecule has 3 aromatic rings. The molecule has 166 valence electrons. The zero-order valence-electron chi connectivity index (χ0n) is 17.1. The number of halogens is 2. The standard InChI is InChI=1S/C19H20ClFN4O5S/c1-9-5-6-12(21)16(10(9)2)11(3)17(18-23-24-19(26)30-18)25-31(27,28)14-8-22-15(20)7-13(14)29-4/h5-8,11,17,25H,1-4H3,(H,24,26)/t11-,17+/m1/s1. The first-order valence-corrected chi connectivity index (χ1v) is 10.9. The van der Waals surface area contributed by atoms with Crippen LogP contribution in [0.15, 0.2) is 38.5 Å². The van der Waals surface area contributed by atoms with E-state index in [0.717, 1.165) is 11.8 Å². The molecule has 0 aliphatic heterocycles. The molecule has 0 unspecified atom stereocenters. The molecule has 3 rings (SSSR count). The highest BCUT2D eigenvalue weighted by Gasteiger charge is 2.34. The number of methoxy groups -OCH3 is 1. The second-order valence-electron chi connectivity index (χ2n) is 6.90. The minimum Gasteiger partial charge on any atom is -0.495 e. The number of aromatic amines is 1. The molecule has 0 aliphatic carbocycles. The van der Waals surface area contributed by atoms with E-state index in [1.165, 1.54) is 19.2 Å². The number of hydrogen-bond acceptors (Lipinski definition) is 7. The van der Waals surface area contributed by atoms with E-state index in [1.807, 2.05) is 6.92 Å². The van der Waals surface area contributed by atoms with Crippen LogP contribution in [0.1, 0.15) is 41.5 Å². The van der Waals surface area contributed by atoms with E-state index in [2.05, 4.69) is 19.9 Å². The van der Waals surface area contributed by atoms with Crippen molar-refractivity contribution in [1.82, 2.24) is 19.9 Å². The molecule has 2 heterocycles. The van der Waals surface area contributed by atoms with E-state index in [0.29, 0.717) is 5.56 Å². The third kappa shape index (κ3) is 4.63. The number of ether oxygens (including phenoxy) is 1. The first-order valence-electron chi connectivity index (χ1n) is 9.08. The molecule has 2 aromatic heterocycles. The van der Waals surface area contributed by atoms with Gasteiger partial charge < -0.3 is 9.15 Å². The van der Waals surface area contributed by atoms with E-state index in [1.54, 1.807) is 19.9 Å². The van der Waals surface area contributed by atoms with Gasteiger partial charge in [-0.3, -0.25) is 0 Å². The molecule has 2 atom stereocenters. The van der Waals surface area contributed by atoms with Crippen molar-refractivity contribution in [2.45, 2.75) is 37.6 Å². The number of aromatic nitrogens is 3. The molecule has 9 nitrogen and oxygen atoms in total. The van der Waals surface area contributed by atoms with Crippen LogP contribution in [0.25, 0.3) is 0 Å². The van der Waals surface area contributed by atoms with Crippen molar-refractivity contribution in [2.75, 3.05) is 7.11 Å². The molecule has 0 fully saturated rings. The monoisotopic (exact) mass is 470 g/mol. The lowest BCUT2D eigenvalue weighted by Gasteiger charge is -2.25. The Morgan fingerprint density at radius 3 is 2.65 bits per heavy atom. The highest BCUT2D eigenvalue weighted by molar-refractivity contribution is 7.89. The second-order valence-corrected chi connectivity index (χ2v) is 8.97. The van der Waals surface area contributed by atoms with E-state index in [9.17, 15) is 17.6 Å². The van der Waals surface area contributed by atoms with E-state index < -0.39 is 33.6 Å². The molecule has 12 heteroatoms. The summed E-state index contributed by atoms with van der Waals surface area (Å²) in [6.07, 6.45) is 1.03. The number of benzene rings is 1. The van der Waals surface area contributed by atoms with Crippen molar-refractivity contribution in [3.8, 4) is 5.75 Å². The van der Waals surface area contributed by atoms with Crippen LogP contribution in [0.4, 0.5) is 4.39 Å². The maximum atomic E-state index is 14.7. The number of nitrogens with one attached hydrogen (secondary N) is 2. The summed E-state index contributed by atoms with van der Waals surface area (Å²) in [6.45, 7) is 5.13. The molecular weight excluding hydrogens is 451 g/mol. The Labute approximate surface area is 182 Å². The number of hydrogen-bond donors (Lipinski definition) is 2. The molecular formula is C19H20ClFN4O5S. The van der Waals surface area contributed by atoms with Crippen molar-refractivity contribution in [3.05, 3.63) is 68.5 Å². The van der Waals surface area contributed by atoms with Gasteiger partial charge in [-0.05, 0) is 36.6 Å². The van der Waals surface area contributed by atoms with Gasteiger partial charge in [0.2, 0.25) is 15.9 Å². The quantitative estimate of drug-likeness (QED) is 0.508. The summed E-state index contributed by atoms with van der Waals surface area (Å²) in [4.78, 5) is 15.0. The van der Waals surface area contributed by atoms with Crippen molar-refractivity contribution >= 4 is 21.6 Å². The van der Waals surface area contributed by atoms with Crippen LogP contribution < -0.4 is 15.2 Å². The summed E-state index contributed by atoms with van der Waals surface area (Å²) in [5.74, 6) is -2.49. The summed E-state index contributed by atoms with van der Waals surface area (Å²) in [5, 5.41) is 5.89. The summed E-state index contributed by atoms with van der Waals surface area (Å²) in [5.41, 5.74) is 1.72. The number of nitrogens with zero attached hydrogens (tertiary/aromatic N) is 2. The maximum Gasteiger partial charge on any atom is 0.434 e. The SMILES string of the molecule is COc1cc(Cl)ncc1S(=O)(=O)N[C@H](c1n[nH]c(=O)o1)[C@H](C)c1c(F)ccc(C)c1C. The van der Waals surface area contributed by atoms with E-state index in [-0.39, 0.29) is 27.3 Å². The number of H-pyrrole nitrogens is 1. The summed E-state index contributed by atoms with van der Waals surface area (Å²) >= 11 is 5.82. The Hall–Kier alpha value is -2.76. The molecule has 2 N–H and O–H groups in total. The molecule has 0 saturated carbocycles. The van der Waals surface area contributed by atoms with Gasteiger partial charge in [0.15, 0.2) is 0 Å². The number of pyridine rings is 1. The molecule has 31 heavy (non-hydrogen) atoms. The highest BCUT2D eigenvalue weighted by Crippen LogP contribution is 2.36. The molecule has 0 radical (unpaired) electrons. The lowest BCUT2D eigenvalue weighted by atomic mass is 9.88. The molecule has 0 bridgehead atoms. The Morgan fingerprint density at radius 2 is 2.03 bits per heavy atom. The Balaban J connectivity index is 2.12. The van der Waals surface area contributed by atoms with Gasteiger partial charge in [0.05, 0.1) is 13.3 Å². The Morgan fingerprint density at radius 1 is 1.32 bits per heavy atom. The molecule has 1 aromatic carbocycles. The van der Waals surface area contributed by atoms with Gasteiger partial charge in [0.1, 0.15) is 27.7 Å². The summed E-state index contributed by atoms with van der Waals surface area (Å²) in [7, 11) is -3.00. The van der Waals surface area contributed by atoms with Crippen molar-refractivity contribution in [2.24, 2.45) is 0 Å². The largest absolute Gasteiger partial charge is 0.495 e. The van der Waals surface area contributed by atoms with E-state index >= 15 is 0 Å². The third-order valence-corrected chi connectivity index (χ3v) is 6.65. The van der Waals surface area contributed by atoms with Gasteiger partial charge in [-0.25, -0.2) is 27.7 Å². The van der Waals surface area contributed by atoms with Crippen LogP contribution in [0.3, 0.4) is 0 Å². The topological polar surface area (TPSA) is 127 Å². The van der Waals surface area contributed by atoms with Crippen LogP contribution >= 0.6 is 11.6 Å². The van der Waals surface area contributed by atoms with Crippen molar-refractivity contribution in [3.63, 3.8) is 0 Å². The van der Waals surface area contributed by atoms with Gasteiger partial charge in [-0.15, -0.1) is 5.10 Å². The summed E-state index contributed by atoms with van der Waals surface area (Å²) < 4.78 is 53.6. The molecule has 0 saturated heterocycles. The molecule has 0 amide bonds. The third-order valence-electron chi connectivity index (χ3n) is 5.00. The first kappa shape index (κ1) is 22.9. The fourth-order valence-corrected chi connectivity index (χ4v) is 4.78. The smallest absolute Gasteiger partial charge is 0.434 e. The van der Waals surface area contributed by atoms with Gasteiger partial charge >= 0.3 is 5.76 Å². The number of rotatable bonds is 7. The average Bonchev–Trinajstić information content (AvgIpc) is 3.14. The minimum absolute atomic E-state index is 0.0384. The van der Waals surface area contributed by atoms with Crippen LogP contribution in [0.5, 0.6) is 5.75 Å². The predicted molar refractivity (Wildman–Crippen MR) is 110 cm³/mol. The number of aryl methyl sites for hydroxylation is 1. The minimum atomic E-state index is -4.28. The molecule has 0 spiro atoms. The summed E-state index contributed by atoms with van der Waals surface area (Å²) in [6, 6.07) is 2.94. The highest BCUT2D eigenvalue weighted by atomic mass is 35.5. The lowest BCUT2D eigenvalue weighted by molar-refractivity contribution is 0.374. The van der Waals surface area contributed by atoms with Crippen LogP contribution in [-0.2, 0) is 10.0 Å². The average molecular weight is 471 g/mol. The molecule has 0 aliphatic rings. The Bertz CT molecular complexity index is 1270. The van der Waals surface area contributed by atoms with Crippen LogP contribution in [0, 0.1) is 19.7 Å². The van der Waals surface area contributed by atoms with Gasteiger partial charge in [-0.1, -0.05) is 24.6 Å². The first-order chi connectivity index (χ1) is 14.5. The Kier molecular flexibility index (Phi) is 6.48. The van der Waals surface area contributed by atoms with Gasteiger partial charge in [0.25, 0.3) is 0 Å². The normalized spacial score (nSPS) is 13.7. The lowest BCUT2D eigenvalue weighted by Crippen LogP contribution is -2.33. The van der Waals surface area contributed by atoms with Gasteiger partial charge in [-0.2, -0.15) is 4.72 Å². The zero-order valence-corrected chi connectivity index (χ0v) is 18.6. The van der Waals surface area contributed by atoms with E-state index in [4.69, 9.17) is 20.8 Å². The fraction of sp³-hybridized carbons (Fsp3) is 0.316. The van der Waals surface area contributed by atoms with Crippen molar-refractivity contribution in [1.29, 1.82) is 0 Å². The van der Waals surface area contributed by atoms with Crippen LogP contribution in [0.2, 0.25) is 5.15 Å². The second kappa shape index (κ2) is 8.77. The number of sulfonamides is 1. The van der Waals surface area contributed by atoms with Crippen LogP contribution in [-0.4, -0.2) is 30.7 Å². The van der Waals surface area contributed by atoms with Crippen molar-refractivity contribution < 1.29 is 22.0 Å². The fourth-order valence-electron chi connectivity index (χ4n) is 3.26. The maximum absolute atomic E-state index is 14.7. The van der Waals surface area contributed by atoms with Gasteiger partial charge in [0, 0.05) is 12.0 Å². The zero-order chi connectivity index (χ0) is 22.9.